The number of amides is 1. The fourth-order valence-corrected chi connectivity index (χ4v) is 3.51. The Bertz CT molecular complexity index is 910. The zero-order chi connectivity index (χ0) is 19.4. The van der Waals surface area contributed by atoms with Crippen molar-refractivity contribution in [2.45, 2.75) is 40.0 Å². The number of carbonyl (C=O) groups excluding carboxylic acids is 2. The van der Waals surface area contributed by atoms with Crippen molar-refractivity contribution in [1.29, 1.82) is 0 Å². The van der Waals surface area contributed by atoms with Gasteiger partial charge in [0.05, 0.1) is 24.9 Å². The summed E-state index contributed by atoms with van der Waals surface area (Å²) in [5.41, 5.74) is 2.28. The van der Waals surface area contributed by atoms with Gasteiger partial charge in [0.1, 0.15) is 5.76 Å². The third-order valence-corrected chi connectivity index (χ3v) is 5.22. The molecule has 0 spiro atoms. The molecule has 1 amide bonds. The maximum absolute atomic E-state index is 12.5. The summed E-state index contributed by atoms with van der Waals surface area (Å²) in [5, 5.41) is 4.72. The lowest BCUT2D eigenvalue weighted by Crippen LogP contribution is -2.35. The van der Waals surface area contributed by atoms with Crippen molar-refractivity contribution < 1.29 is 18.7 Å². The first-order valence-electron chi connectivity index (χ1n) is 8.66. The lowest BCUT2D eigenvalue weighted by Gasteiger charge is -2.13. The van der Waals surface area contributed by atoms with Gasteiger partial charge in [0, 0.05) is 16.3 Å². The molecule has 0 aromatic carbocycles. The van der Waals surface area contributed by atoms with Crippen LogP contribution < -0.4 is 5.32 Å². The molecule has 27 heavy (non-hydrogen) atoms. The fraction of sp³-hybridized carbons (Fsp3) is 0.300. The average Bonchev–Trinajstić information content (AvgIpc) is 3.38. The van der Waals surface area contributed by atoms with Crippen LogP contribution in [0.4, 0.5) is 0 Å². The SMILES string of the molecule is Cc1cc(C(=O)O[C@H](C)C(=O)NCc2ccco2)c(C)n1Cc1cccs1. The molecule has 0 aliphatic rings. The van der Waals surface area contributed by atoms with E-state index in [9.17, 15) is 9.59 Å². The quantitative estimate of drug-likeness (QED) is 0.629. The van der Waals surface area contributed by atoms with E-state index in [1.54, 1.807) is 36.5 Å². The van der Waals surface area contributed by atoms with Crippen LogP contribution in [0.1, 0.15) is 39.3 Å². The number of nitrogens with zero attached hydrogens (tertiary/aromatic N) is 1. The molecule has 0 saturated carbocycles. The predicted molar refractivity (Wildman–Crippen MR) is 103 cm³/mol. The van der Waals surface area contributed by atoms with Gasteiger partial charge >= 0.3 is 5.97 Å². The first-order chi connectivity index (χ1) is 13.0. The number of nitrogens with one attached hydrogen (secondary N) is 1. The minimum absolute atomic E-state index is 0.253. The number of esters is 1. The minimum Gasteiger partial charge on any atom is -0.467 e. The molecular formula is C20H22N2O4S. The number of aromatic nitrogens is 1. The second-order valence-electron chi connectivity index (χ2n) is 6.30. The van der Waals surface area contributed by atoms with Crippen LogP contribution in [0, 0.1) is 13.8 Å². The molecule has 142 valence electrons. The number of hydrogen-bond donors (Lipinski definition) is 1. The summed E-state index contributed by atoms with van der Waals surface area (Å²) in [6, 6.07) is 9.38. The zero-order valence-corrected chi connectivity index (χ0v) is 16.3. The Balaban J connectivity index is 1.62. The van der Waals surface area contributed by atoms with Crippen LogP contribution in [0.15, 0.2) is 46.4 Å². The van der Waals surface area contributed by atoms with Gasteiger partial charge < -0.3 is 19.0 Å². The third-order valence-electron chi connectivity index (χ3n) is 4.36. The van der Waals surface area contributed by atoms with Crippen LogP contribution in [0.3, 0.4) is 0 Å². The van der Waals surface area contributed by atoms with E-state index in [0.29, 0.717) is 17.9 Å². The summed E-state index contributed by atoms with van der Waals surface area (Å²) in [6.07, 6.45) is 0.643. The van der Waals surface area contributed by atoms with Gasteiger partial charge in [-0.05, 0) is 50.4 Å². The second-order valence-corrected chi connectivity index (χ2v) is 7.33. The highest BCUT2D eigenvalue weighted by Crippen LogP contribution is 2.20. The van der Waals surface area contributed by atoms with Crippen molar-refractivity contribution in [3.05, 3.63) is 69.6 Å². The smallest absolute Gasteiger partial charge is 0.340 e. The van der Waals surface area contributed by atoms with Crippen LogP contribution in [0.2, 0.25) is 0 Å². The highest BCUT2D eigenvalue weighted by Gasteiger charge is 2.22. The number of aryl methyl sites for hydroxylation is 1. The van der Waals surface area contributed by atoms with Gasteiger partial charge in [-0.3, -0.25) is 4.79 Å². The van der Waals surface area contributed by atoms with E-state index in [4.69, 9.17) is 9.15 Å². The molecule has 1 N–H and O–H groups in total. The first kappa shape index (κ1) is 19.0. The minimum atomic E-state index is -0.896. The van der Waals surface area contributed by atoms with E-state index in [1.165, 1.54) is 11.1 Å². The molecule has 0 fully saturated rings. The molecule has 0 aliphatic heterocycles. The molecule has 3 aromatic rings. The summed E-state index contributed by atoms with van der Waals surface area (Å²) >= 11 is 1.67. The summed E-state index contributed by atoms with van der Waals surface area (Å²) < 4.78 is 12.6. The number of rotatable bonds is 7. The third kappa shape index (κ3) is 4.49. The maximum atomic E-state index is 12.5. The molecule has 7 heteroatoms. The van der Waals surface area contributed by atoms with Crippen LogP contribution in [-0.4, -0.2) is 22.5 Å². The van der Waals surface area contributed by atoms with Gasteiger partial charge in [0.25, 0.3) is 5.91 Å². The van der Waals surface area contributed by atoms with Gasteiger partial charge in [-0.15, -0.1) is 11.3 Å². The Kier molecular flexibility index (Phi) is 5.81. The van der Waals surface area contributed by atoms with Crippen molar-refractivity contribution in [2.75, 3.05) is 0 Å². The molecular weight excluding hydrogens is 364 g/mol. The molecule has 3 aromatic heterocycles. The highest BCUT2D eigenvalue weighted by molar-refractivity contribution is 7.09. The van der Waals surface area contributed by atoms with Crippen molar-refractivity contribution in [1.82, 2.24) is 9.88 Å². The van der Waals surface area contributed by atoms with Crippen LogP contribution >= 0.6 is 11.3 Å². The Morgan fingerprint density at radius 2 is 2.11 bits per heavy atom. The molecule has 3 rings (SSSR count). The fourth-order valence-electron chi connectivity index (χ4n) is 2.82. The molecule has 3 heterocycles. The van der Waals surface area contributed by atoms with E-state index in [0.717, 1.165) is 11.4 Å². The van der Waals surface area contributed by atoms with Gasteiger partial charge in [0.2, 0.25) is 0 Å². The Labute approximate surface area is 161 Å². The molecule has 0 aliphatic carbocycles. The number of hydrogen-bond acceptors (Lipinski definition) is 5. The molecule has 0 bridgehead atoms. The average molecular weight is 386 g/mol. The largest absolute Gasteiger partial charge is 0.467 e. The summed E-state index contributed by atoms with van der Waals surface area (Å²) in [5.74, 6) is -0.229. The summed E-state index contributed by atoms with van der Waals surface area (Å²) in [4.78, 5) is 25.9. The molecule has 1 atom stereocenters. The second kappa shape index (κ2) is 8.26. The molecule has 0 unspecified atom stereocenters. The number of thiophene rings is 1. The highest BCUT2D eigenvalue weighted by atomic mass is 32.1. The Hall–Kier alpha value is -2.80. The lowest BCUT2D eigenvalue weighted by molar-refractivity contribution is -0.129. The van der Waals surface area contributed by atoms with E-state index in [1.807, 2.05) is 25.3 Å². The molecule has 0 radical (unpaired) electrons. The van der Waals surface area contributed by atoms with Crippen LogP contribution in [0.25, 0.3) is 0 Å². The van der Waals surface area contributed by atoms with Crippen molar-refractivity contribution in [3.8, 4) is 0 Å². The standard InChI is InChI=1S/C20H22N2O4S/c1-13-10-18(14(2)22(13)12-17-7-5-9-27-17)20(24)26-15(3)19(23)21-11-16-6-4-8-25-16/h4-10,15H,11-12H2,1-3H3,(H,21,23)/t15-/m1/s1. The van der Waals surface area contributed by atoms with Gasteiger partial charge in [-0.1, -0.05) is 6.07 Å². The zero-order valence-electron chi connectivity index (χ0n) is 15.5. The Morgan fingerprint density at radius 1 is 1.30 bits per heavy atom. The van der Waals surface area contributed by atoms with Crippen molar-refractivity contribution in [3.63, 3.8) is 0 Å². The monoisotopic (exact) mass is 386 g/mol. The maximum Gasteiger partial charge on any atom is 0.340 e. The summed E-state index contributed by atoms with van der Waals surface area (Å²) in [6.45, 7) is 6.36. The summed E-state index contributed by atoms with van der Waals surface area (Å²) in [7, 11) is 0. The van der Waals surface area contributed by atoms with Crippen molar-refractivity contribution in [2.24, 2.45) is 0 Å². The molecule has 0 saturated heterocycles. The van der Waals surface area contributed by atoms with Crippen LogP contribution in [-0.2, 0) is 22.6 Å². The van der Waals surface area contributed by atoms with E-state index in [-0.39, 0.29) is 12.5 Å². The first-order valence-corrected chi connectivity index (χ1v) is 9.54. The Morgan fingerprint density at radius 3 is 2.78 bits per heavy atom. The molecule has 6 nitrogen and oxygen atoms in total. The number of furan rings is 1. The topological polar surface area (TPSA) is 73.5 Å². The van der Waals surface area contributed by atoms with E-state index < -0.39 is 12.1 Å². The predicted octanol–water partition coefficient (Wildman–Crippen LogP) is 3.67. The van der Waals surface area contributed by atoms with E-state index in [2.05, 4.69) is 16.0 Å². The number of carbonyl (C=O) groups is 2. The van der Waals surface area contributed by atoms with Gasteiger partial charge in [-0.2, -0.15) is 0 Å². The van der Waals surface area contributed by atoms with Gasteiger partial charge in [-0.25, -0.2) is 4.79 Å². The van der Waals surface area contributed by atoms with Crippen molar-refractivity contribution >= 4 is 23.2 Å². The number of ether oxygens (including phenoxy) is 1. The lowest BCUT2D eigenvalue weighted by atomic mass is 10.2. The van der Waals surface area contributed by atoms with E-state index >= 15 is 0 Å². The van der Waals surface area contributed by atoms with Gasteiger partial charge in [0.15, 0.2) is 6.10 Å². The normalized spacial score (nSPS) is 12.0. The van der Waals surface area contributed by atoms with Crippen LogP contribution in [0.5, 0.6) is 0 Å².